The number of aromatic nitrogens is 2. The van der Waals surface area contributed by atoms with Crippen molar-refractivity contribution in [3.63, 3.8) is 0 Å². The van der Waals surface area contributed by atoms with Gasteiger partial charge >= 0.3 is 5.69 Å². The van der Waals surface area contributed by atoms with E-state index in [1.807, 2.05) is 24.3 Å². The zero-order valence-electron chi connectivity index (χ0n) is 9.42. The van der Waals surface area contributed by atoms with E-state index in [9.17, 15) is 10.1 Å². The van der Waals surface area contributed by atoms with E-state index in [0.717, 1.165) is 16.4 Å². The van der Waals surface area contributed by atoms with Crippen LogP contribution in [-0.4, -0.2) is 14.9 Å². The van der Waals surface area contributed by atoms with Crippen LogP contribution in [-0.2, 0) is 6.61 Å². The molecule has 0 spiro atoms. The van der Waals surface area contributed by atoms with Gasteiger partial charge in [0.2, 0.25) is 5.15 Å². The van der Waals surface area contributed by atoms with Crippen molar-refractivity contribution in [2.75, 3.05) is 0 Å². The number of ether oxygens (including phenoxy) is 1. The molecule has 0 aliphatic carbocycles. The van der Waals surface area contributed by atoms with E-state index in [1.165, 1.54) is 0 Å². The molecule has 0 bridgehead atoms. The molecule has 6 nitrogen and oxygen atoms in total. The Bertz CT molecular complexity index is 624. The summed E-state index contributed by atoms with van der Waals surface area (Å²) in [5.41, 5.74) is 0.414. The fraction of sp³-hybridized carbons (Fsp3) is 0.0909. The predicted molar refractivity (Wildman–Crippen MR) is 72.2 cm³/mol. The molecule has 0 unspecified atom stereocenters. The van der Waals surface area contributed by atoms with E-state index in [4.69, 9.17) is 16.3 Å². The molecule has 1 aromatic heterocycles. The van der Waals surface area contributed by atoms with Gasteiger partial charge in [0.25, 0.3) is 5.88 Å². The summed E-state index contributed by atoms with van der Waals surface area (Å²) >= 11 is 8.98. The van der Waals surface area contributed by atoms with Crippen LogP contribution in [0.1, 0.15) is 5.56 Å². The maximum atomic E-state index is 10.9. The highest BCUT2D eigenvalue weighted by molar-refractivity contribution is 9.10. The number of hydrogen-bond donors (Lipinski definition) is 0. The van der Waals surface area contributed by atoms with Gasteiger partial charge in [-0.1, -0.05) is 39.7 Å². The highest BCUT2D eigenvalue weighted by Gasteiger charge is 2.23. The summed E-state index contributed by atoms with van der Waals surface area (Å²) in [5.74, 6) is -0.148. The molecule has 0 saturated heterocycles. The summed E-state index contributed by atoms with van der Waals surface area (Å²) in [6, 6.07) is 7.38. The van der Waals surface area contributed by atoms with Crippen LogP contribution in [0, 0.1) is 10.1 Å². The average molecular weight is 345 g/mol. The molecule has 0 N–H and O–H groups in total. The third kappa shape index (κ3) is 3.39. The van der Waals surface area contributed by atoms with Crippen LogP contribution in [0.4, 0.5) is 5.69 Å². The maximum Gasteiger partial charge on any atom is 0.367 e. The zero-order valence-corrected chi connectivity index (χ0v) is 11.8. The van der Waals surface area contributed by atoms with Crippen molar-refractivity contribution in [2.24, 2.45) is 0 Å². The Morgan fingerprint density at radius 1 is 1.42 bits per heavy atom. The largest absolute Gasteiger partial charge is 0.468 e. The van der Waals surface area contributed by atoms with Gasteiger partial charge in [0.1, 0.15) is 12.9 Å². The van der Waals surface area contributed by atoms with Crippen LogP contribution in [0.15, 0.2) is 35.1 Å². The van der Waals surface area contributed by atoms with Crippen molar-refractivity contribution in [3.8, 4) is 5.88 Å². The van der Waals surface area contributed by atoms with Crippen molar-refractivity contribution in [2.45, 2.75) is 6.61 Å². The van der Waals surface area contributed by atoms with E-state index in [1.54, 1.807) is 0 Å². The molecule has 98 valence electrons. The number of rotatable bonds is 4. The van der Waals surface area contributed by atoms with Crippen LogP contribution in [0.5, 0.6) is 5.88 Å². The van der Waals surface area contributed by atoms with Crippen molar-refractivity contribution in [3.05, 3.63) is 55.9 Å². The van der Waals surface area contributed by atoms with E-state index in [2.05, 4.69) is 25.9 Å². The van der Waals surface area contributed by atoms with Crippen LogP contribution >= 0.6 is 27.5 Å². The highest BCUT2D eigenvalue weighted by Crippen LogP contribution is 2.30. The Balaban J connectivity index is 2.20. The molecule has 0 atom stereocenters. The standard InChI is InChI=1S/C11H7BrClN3O3/c12-8-3-1-2-7(4-8)5-19-11-9(16(17)18)10(13)14-6-15-11/h1-4,6H,5H2. The highest BCUT2D eigenvalue weighted by atomic mass is 79.9. The Hall–Kier alpha value is -1.73. The van der Waals surface area contributed by atoms with Crippen molar-refractivity contribution in [1.29, 1.82) is 0 Å². The first-order valence-electron chi connectivity index (χ1n) is 5.10. The molecule has 0 aliphatic heterocycles. The quantitative estimate of drug-likeness (QED) is 0.482. The minimum Gasteiger partial charge on any atom is -0.468 e. The molecular weight excluding hydrogens is 337 g/mol. The van der Waals surface area contributed by atoms with Crippen molar-refractivity contribution >= 4 is 33.2 Å². The lowest BCUT2D eigenvalue weighted by atomic mass is 10.2. The molecule has 0 amide bonds. The van der Waals surface area contributed by atoms with Gasteiger partial charge in [-0.2, -0.15) is 4.98 Å². The normalized spacial score (nSPS) is 10.2. The molecule has 2 rings (SSSR count). The molecule has 2 aromatic rings. The number of nitrogens with zero attached hydrogens (tertiary/aromatic N) is 3. The molecule has 0 saturated carbocycles. The van der Waals surface area contributed by atoms with Gasteiger partial charge in [0.05, 0.1) is 4.92 Å². The van der Waals surface area contributed by atoms with Gasteiger partial charge in [-0.3, -0.25) is 10.1 Å². The minimum absolute atomic E-state index is 0.146. The lowest BCUT2D eigenvalue weighted by Crippen LogP contribution is -2.02. The smallest absolute Gasteiger partial charge is 0.367 e. The maximum absolute atomic E-state index is 10.9. The first-order chi connectivity index (χ1) is 9.08. The predicted octanol–water partition coefficient (Wildman–Crippen LogP) is 3.38. The number of hydrogen-bond acceptors (Lipinski definition) is 5. The number of benzene rings is 1. The molecule has 0 fully saturated rings. The second-order valence-corrected chi connectivity index (χ2v) is 4.77. The van der Waals surface area contributed by atoms with Crippen LogP contribution in [0.3, 0.4) is 0 Å². The molecular formula is C11H7BrClN3O3. The van der Waals surface area contributed by atoms with E-state index in [0.29, 0.717) is 0 Å². The van der Waals surface area contributed by atoms with Gasteiger partial charge < -0.3 is 4.74 Å². The summed E-state index contributed by atoms with van der Waals surface area (Å²) < 4.78 is 6.21. The molecule has 19 heavy (non-hydrogen) atoms. The molecule has 1 aromatic carbocycles. The third-order valence-corrected chi connectivity index (χ3v) is 2.96. The first-order valence-corrected chi connectivity index (χ1v) is 6.27. The van der Waals surface area contributed by atoms with Crippen molar-refractivity contribution < 1.29 is 9.66 Å². The zero-order chi connectivity index (χ0) is 13.8. The molecule has 0 radical (unpaired) electrons. The van der Waals surface area contributed by atoms with Crippen molar-refractivity contribution in [1.82, 2.24) is 9.97 Å². The van der Waals surface area contributed by atoms with Gasteiger partial charge in [-0.25, -0.2) is 4.98 Å². The van der Waals surface area contributed by atoms with E-state index < -0.39 is 10.6 Å². The van der Waals surface area contributed by atoms with Gasteiger partial charge in [0.15, 0.2) is 0 Å². The van der Waals surface area contributed by atoms with Crippen LogP contribution in [0.2, 0.25) is 5.15 Å². The lowest BCUT2D eigenvalue weighted by Gasteiger charge is -2.06. The second-order valence-electron chi connectivity index (χ2n) is 3.49. The molecule has 8 heteroatoms. The minimum atomic E-state index is -0.668. The molecule has 1 heterocycles. The van der Waals surface area contributed by atoms with Crippen LogP contribution < -0.4 is 4.74 Å². The number of halogens is 2. The first kappa shape index (κ1) is 13.7. The van der Waals surface area contributed by atoms with E-state index >= 15 is 0 Å². The fourth-order valence-electron chi connectivity index (χ4n) is 1.38. The summed E-state index contributed by atoms with van der Waals surface area (Å²) in [5, 5.41) is 10.6. The SMILES string of the molecule is O=[N+]([O-])c1c(Cl)ncnc1OCc1cccc(Br)c1. The average Bonchev–Trinajstić information content (AvgIpc) is 2.36. The van der Waals surface area contributed by atoms with E-state index in [-0.39, 0.29) is 17.6 Å². The molecule has 0 aliphatic rings. The Morgan fingerprint density at radius 3 is 2.89 bits per heavy atom. The monoisotopic (exact) mass is 343 g/mol. The fourth-order valence-corrected chi connectivity index (χ4v) is 2.02. The Kier molecular flexibility index (Phi) is 4.28. The summed E-state index contributed by atoms with van der Waals surface area (Å²) in [7, 11) is 0. The summed E-state index contributed by atoms with van der Waals surface area (Å²) in [4.78, 5) is 17.5. The summed E-state index contributed by atoms with van der Waals surface area (Å²) in [6.45, 7) is 0.146. The van der Waals surface area contributed by atoms with Gasteiger partial charge in [-0.05, 0) is 17.7 Å². The lowest BCUT2D eigenvalue weighted by molar-refractivity contribution is -0.386. The Morgan fingerprint density at radius 2 is 2.21 bits per heavy atom. The Labute approximate surface area is 121 Å². The summed E-state index contributed by atoms with van der Waals surface area (Å²) in [6.07, 6.45) is 1.12. The van der Waals surface area contributed by atoms with Gasteiger partial charge in [-0.15, -0.1) is 0 Å². The number of nitro groups is 1. The van der Waals surface area contributed by atoms with Crippen LogP contribution in [0.25, 0.3) is 0 Å². The third-order valence-electron chi connectivity index (χ3n) is 2.19. The second kappa shape index (κ2) is 5.94. The topological polar surface area (TPSA) is 78.2 Å². The van der Waals surface area contributed by atoms with Gasteiger partial charge in [0, 0.05) is 4.47 Å².